The molecule has 0 spiro atoms. The highest BCUT2D eigenvalue weighted by Gasteiger charge is 2.16. The van der Waals surface area contributed by atoms with Crippen LogP contribution in [0.5, 0.6) is 0 Å². The van der Waals surface area contributed by atoms with Crippen molar-refractivity contribution in [3.8, 4) is 11.5 Å². The molecule has 1 aliphatic rings. The third-order valence-electron chi connectivity index (χ3n) is 5.28. The summed E-state index contributed by atoms with van der Waals surface area (Å²) in [6.45, 7) is 0. The zero-order chi connectivity index (χ0) is 22.9. The maximum absolute atomic E-state index is 12.0. The molecule has 2 heterocycles. The van der Waals surface area contributed by atoms with Gasteiger partial charge in [-0.3, -0.25) is 9.59 Å². The van der Waals surface area contributed by atoms with Crippen LogP contribution in [0.3, 0.4) is 0 Å². The monoisotopic (exact) mass is 463 g/mol. The third-order valence-corrected chi connectivity index (χ3v) is 6.16. The Bertz CT molecular complexity index is 1220. The number of amides is 1. The van der Waals surface area contributed by atoms with Gasteiger partial charge in [-0.15, -0.1) is 10.2 Å². The number of hydrogen-bond acceptors (Lipinski definition) is 7. The summed E-state index contributed by atoms with van der Waals surface area (Å²) >= 11 is 1.27. The van der Waals surface area contributed by atoms with Gasteiger partial charge in [-0.25, -0.2) is 4.98 Å². The number of aromatic amines is 1. The molecule has 0 radical (unpaired) electrons. The number of rotatable bonds is 5. The van der Waals surface area contributed by atoms with Crippen LogP contribution in [0.4, 0.5) is 0 Å². The van der Waals surface area contributed by atoms with Gasteiger partial charge in [0.05, 0.1) is 16.7 Å². The lowest BCUT2D eigenvalue weighted by molar-refractivity contribution is -0.119. The summed E-state index contributed by atoms with van der Waals surface area (Å²) in [5, 5.41) is 11.5. The van der Waals surface area contributed by atoms with Crippen LogP contribution < -0.4 is 10.9 Å². The fourth-order valence-corrected chi connectivity index (χ4v) is 4.34. The first-order chi connectivity index (χ1) is 16.2. The van der Waals surface area contributed by atoms with E-state index in [9.17, 15) is 9.59 Å². The summed E-state index contributed by atoms with van der Waals surface area (Å²) < 4.78 is 5.00. The van der Waals surface area contributed by atoms with Gasteiger partial charge in [0.1, 0.15) is 0 Å². The zero-order valence-corrected chi connectivity index (χ0v) is 18.9. The molecule has 0 atom stereocenters. The Morgan fingerprint density at radius 3 is 2.58 bits per heavy atom. The van der Waals surface area contributed by atoms with Gasteiger partial charge in [0.25, 0.3) is 5.56 Å². The molecule has 33 heavy (non-hydrogen) atoms. The predicted molar refractivity (Wildman–Crippen MR) is 128 cm³/mol. The first kappa shape index (κ1) is 22.7. The van der Waals surface area contributed by atoms with Crippen molar-refractivity contribution in [2.75, 3.05) is 5.75 Å². The number of H-pyrrole nitrogens is 1. The fraction of sp³-hybridized carbons (Fsp3) is 0.292. The van der Waals surface area contributed by atoms with Gasteiger partial charge < -0.3 is 14.7 Å². The number of para-hydroxylation sites is 1. The minimum absolute atomic E-state index is 0.00714. The molecule has 1 amide bonds. The Balaban J connectivity index is 0.000000196. The number of fused-ring (bicyclic) bond motifs is 1. The van der Waals surface area contributed by atoms with Crippen LogP contribution in [0.25, 0.3) is 22.4 Å². The minimum atomic E-state index is -0.166. The summed E-state index contributed by atoms with van der Waals surface area (Å²) in [6, 6.07) is 17.2. The van der Waals surface area contributed by atoms with E-state index in [4.69, 9.17) is 4.42 Å². The largest absolute Gasteiger partial charge is 0.423 e. The van der Waals surface area contributed by atoms with Crippen LogP contribution in [0, 0.1) is 0 Å². The molecule has 2 aromatic carbocycles. The lowest BCUT2D eigenvalue weighted by Gasteiger charge is -2.22. The Morgan fingerprint density at radius 1 is 1.06 bits per heavy atom. The van der Waals surface area contributed by atoms with E-state index < -0.39 is 0 Å². The highest BCUT2D eigenvalue weighted by Crippen LogP contribution is 2.18. The number of hydrogen-bond donors (Lipinski definition) is 2. The second-order valence-corrected chi connectivity index (χ2v) is 8.65. The summed E-state index contributed by atoms with van der Waals surface area (Å²) in [7, 11) is 0. The van der Waals surface area contributed by atoms with Crippen LogP contribution in [0.1, 0.15) is 32.1 Å². The first-order valence-electron chi connectivity index (χ1n) is 10.9. The summed E-state index contributed by atoms with van der Waals surface area (Å²) in [6.07, 6.45) is 7.11. The van der Waals surface area contributed by atoms with Crippen molar-refractivity contribution in [2.45, 2.75) is 43.3 Å². The number of thioether (sulfide) groups is 1. The molecule has 1 aliphatic carbocycles. The average molecular weight is 464 g/mol. The summed E-state index contributed by atoms with van der Waals surface area (Å²) in [4.78, 5) is 31.0. The zero-order valence-electron chi connectivity index (χ0n) is 18.1. The van der Waals surface area contributed by atoms with Crippen LogP contribution in [0.2, 0.25) is 0 Å². The SMILES string of the molecule is O=C(CSc1nc2ccccc2c(=O)[nH]1)NC1CCCCC1.c1ccc(-c2nnco2)cc1. The van der Waals surface area contributed by atoms with Crippen LogP contribution in [0.15, 0.2) is 75.4 Å². The lowest BCUT2D eigenvalue weighted by Crippen LogP contribution is -2.37. The lowest BCUT2D eigenvalue weighted by atomic mass is 9.95. The van der Waals surface area contributed by atoms with Crippen molar-refractivity contribution in [1.29, 1.82) is 0 Å². The van der Waals surface area contributed by atoms with E-state index in [-0.39, 0.29) is 17.2 Å². The predicted octanol–water partition coefficient (Wildman–Crippen LogP) is 4.20. The van der Waals surface area contributed by atoms with Gasteiger partial charge in [-0.2, -0.15) is 0 Å². The minimum Gasteiger partial charge on any atom is -0.423 e. The Morgan fingerprint density at radius 2 is 1.82 bits per heavy atom. The Labute approximate surface area is 195 Å². The molecular formula is C24H25N5O3S. The molecule has 9 heteroatoms. The molecule has 5 rings (SSSR count). The molecule has 0 aliphatic heterocycles. The molecule has 1 saturated carbocycles. The van der Waals surface area contributed by atoms with Crippen molar-refractivity contribution in [1.82, 2.24) is 25.5 Å². The summed E-state index contributed by atoms with van der Waals surface area (Å²) in [5.74, 6) is 0.843. The second-order valence-electron chi connectivity index (χ2n) is 7.69. The van der Waals surface area contributed by atoms with Crippen LogP contribution in [-0.4, -0.2) is 37.9 Å². The number of nitrogens with one attached hydrogen (secondary N) is 2. The van der Waals surface area contributed by atoms with Crippen molar-refractivity contribution in [3.05, 3.63) is 71.3 Å². The smallest absolute Gasteiger partial charge is 0.259 e. The molecule has 8 nitrogen and oxygen atoms in total. The van der Waals surface area contributed by atoms with Crippen molar-refractivity contribution in [2.24, 2.45) is 0 Å². The van der Waals surface area contributed by atoms with Crippen molar-refractivity contribution >= 4 is 28.6 Å². The highest BCUT2D eigenvalue weighted by atomic mass is 32.2. The van der Waals surface area contributed by atoms with E-state index >= 15 is 0 Å². The molecule has 1 fully saturated rings. The topological polar surface area (TPSA) is 114 Å². The van der Waals surface area contributed by atoms with Crippen LogP contribution >= 0.6 is 11.8 Å². The van der Waals surface area contributed by atoms with Gasteiger partial charge in [0.15, 0.2) is 5.16 Å². The summed E-state index contributed by atoms with van der Waals surface area (Å²) in [5.41, 5.74) is 1.44. The molecule has 2 aromatic heterocycles. The molecule has 0 bridgehead atoms. The molecule has 170 valence electrons. The molecule has 2 N–H and O–H groups in total. The number of benzene rings is 2. The number of carbonyl (C=O) groups excluding carboxylic acids is 1. The Hall–Kier alpha value is -3.46. The second kappa shape index (κ2) is 11.4. The van der Waals surface area contributed by atoms with E-state index in [1.807, 2.05) is 42.5 Å². The van der Waals surface area contributed by atoms with E-state index in [1.54, 1.807) is 12.1 Å². The quantitative estimate of drug-likeness (QED) is 0.337. The van der Waals surface area contributed by atoms with Crippen LogP contribution in [-0.2, 0) is 4.79 Å². The number of nitrogens with zero attached hydrogens (tertiary/aromatic N) is 3. The average Bonchev–Trinajstić information content (AvgIpc) is 3.40. The number of carbonyl (C=O) groups is 1. The number of aromatic nitrogens is 4. The van der Waals surface area contributed by atoms with E-state index in [0.29, 0.717) is 28.0 Å². The molecule has 0 unspecified atom stereocenters. The third kappa shape index (κ3) is 6.52. The maximum atomic E-state index is 12.0. The van der Waals surface area contributed by atoms with Gasteiger partial charge in [-0.05, 0) is 37.1 Å². The van der Waals surface area contributed by atoms with Gasteiger partial charge in [0, 0.05) is 11.6 Å². The first-order valence-corrected chi connectivity index (χ1v) is 11.9. The van der Waals surface area contributed by atoms with Gasteiger partial charge in [-0.1, -0.05) is 61.4 Å². The van der Waals surface area contributed by atoms with Gasteiger partial charge in [0.2, 0.25) is 18.2 Å². The van der Waals surface area contributed by atoms with Gasteiger partial charge >= 0.3 is 0 Å². The fourth-order valence-electron chi connectivity index (χ4n) is 3.66. The van der Waals surface area contributed by atoms with Crippen molar-refractivity contribution < 1.29 is 9.21 Å². The van der Waals surface area contributed by atoms with E-state index in [2.05, 4.69) is 25.5 Å². The molecular weight excluding hydrogens is 438 g/mol. The van der Waals surface area contributed by atoms with E-state index in [1.165, 1.54) is 37.4 Å². The highest BCUT2D eigenvalue weighted by molar-refractivity contribution is 7.99. The van der Waals surface area contributed by atoms with Crippen molar-refractivity contribution in [3.63, 3.8) is 0 Å². The maximum Gasteiger partial charge on any atom is 0.259 e. The van der Waals surface area contributed by atoms with E-state index in [0.717, 1.165) is 18.4 Å². The molecule has 0 saturated heterocycles. The standard InChI is InChI=1S/C16H19N3O2S.C8H6N2O/c20-14(17-11-6-2-1-3-7-11)10-22-16-18-13-9-5-4-8-12(13)15(21)19-16;1-2-4-7(5-3-1)8-10-9-6-11-8/h4-5,8-9,11H,1-3,6-7,10H2,(H,17,20)(H,18,19,21);1-6H. The Kier molecular flexibility index (Phi) is 7.86. The molecule has 4 aromatic rings. The normalized spacial score (nSPS) is 13.8.